The number of hydrogen-bond donors (Lipinski definition) is 1. The van der Waals surface area contributed by atoms with E-state index in [1.807, 2.05) is 12.1 Å². The summed E-state index contributed by atoms with van der Waals surface area (Å²) < 4.78 is 26.0. The van der Waals surface area contributed by atoms with Crippen LogP contribution in [0.1, 0.15) is 5.69 Å². The molecule has 1 aromatic heterocycles. The maximum Gasteiger partial charge on any atom is 0.312 e. The van der Waals surface area contributed by atoms with Gasteiger partial charge in [0.15, 0.2) is 18.1 Å². The van der Waals surface area contributed by atoms with E-state index in [-0.39, 0.29) is 6.42 Å². The molecular formula is C23H24N2O7S. The number of methoxy groups -OCH3 is 4. The molecule has 0 aliphatic carbocycles. The smallest absolute Gasteiger partial charge is 0.312 e. The second kappa shape index (κ2) is 11.2. The Labute approximate surface area is 195 Å². The highest BCUT2D eigenvalue weighted by atomic mass is 32.1. The van der Waals surface area contributed by atoms with Crippen LogP contribution in [-0.4, -0.2) is 51.9 Å². The summed E-state index contributed by atoms with van der Waals surface area (Å²) in [6.07, 6.45) is -0.0527. The average Bonchev–Trinajstić information content (AvgIpc) is 3.30. The zero-order valence-electron chi connectivity index (χ0n) is 18.7. The van der Waals surface area contributed by atoms with Crippen LogP contribution in [0.5, 0.6) is 23.0 Å². The first-order valence-corrected chi connectivity index (χ1v) is 10.7. The van der Waals surface area contributed by atoms with Crippen molar-refractivity contribution < 1.29 is 33.3 Å². The molecule has 0 unspecified atom stereocenters. The summed E-state index contributed by atoms with van der Waals surface area (Å²) in [4.78, 5) is 28.9. The van der Waals surface area contributed by atoms with Gasteiger partial charge in [-0.2, -0.15) is 0 Å². The van der Waals surface area contributed by atoms with Gasteiger partial charge in [0.05, 0.1) is 46.2 Å². The van der Waals surface area contributed by atoms with E-state index in [0.717, 1.165) is 10.6 Å². The number of nitrogens with one attached hydrogen (secondary N) is 1. The van der Waals surface area contributed by atoms with E-state index in [1.54, 1.807) is 43.9 Å². The number of carbonyl (C=O) groups excluding carboxylic acids is 2. The fourth-order valence-corrected chi connectivity index (χ4v) is 3.74. The van der Waals surface area contributed by atoms with Crippen molar-refractivity contribution in [3.05, 3.63) is 47.5 Å². The fraction of sp³-hybridized carbons (Fsp3) is 0.261. The molecule has 3 rings (SSSR count). The lowest BCUT2D eigenvalue weighted by Crippen LogP contribution is -2.22. The van der Waals surface area contributed by atoms with E-state index in [2.05, 4.69) is 10.3 Å². The monoisotopic (exact) mass is 472 g/mol. The maximum atomic E-state index is 12.2. The number of amides is 1. The number of carbonyl (C=O) groups is 2. The summed E-state index contributed by atoms with van der Waals surface area (Å²) in [5.74, 6) is 1.18. The predicted molar refractivity (Wildman–Crippen MR) is 123 cm³/mol. The Morgan fingerprint density at radius 3 is 2.36 bits per heavy atom. The zero-order valence-corrected chi connectivity index (χ0v) is 19.5. The quantitative estimate of drug-likeness (QED) is 0.447. The standard InChI is InChI=1S/C23H24N2O7S/c1-28-16-6-7-17(19(11-16)30-3)25-21(26)12-32-22(27)10-15-13-33-23(24-15)14-5-8-18(29-2)20(9-14)31-4/h5-9,11,13H,10,12H2,1-4H3,(H,25,26). The van der Waals surface area contributed by atoms with Gasteiger partial charge >= 0.3 is 5.97 Å². The van der Waals surface area contributed by atoms with Crippen LogP contribution >= 0.6 is 11.3 Å². The van der Waals surface area contributed by atoms with Crippen LogP contribution in [0.25, 0.3) is 10.6 Å². The van der Waals surface area contributed by atoms with Crippen LogP contribution < -0.4 is 24.3 Å². The molecule has 0 aliphatic heterocycles. The molecule has 0 bridgehead atoms. The molecule has 0 saturated heterocycles. The average molecular weight is 473 g/mol. The Hall–Kier alpha value is -3.79. The summed E-state index contributed by atoms with van der Waals surface area (Å²) in [6, 6.07) is 10.4. The number of hydrogen-bond acceptors (Lipinski definition) is 9. The Balaban J connectivity index is 1.55. The van der Waals surface area contributed by atoms with Gasteiger partial charge in [-0.1, -0.05) is 0 Å². The van der Waals surface area contributed by atoms with Crippen molar-refractivity contribution >= 4 is 28.9 Å². The summed E-state index contributed by atoms with van der Waals surface area (Å²) in [7, 11) is 6.14. The van der Waals surface area contributed by atoms with Crippen molar-refractivity contribution in [2.24, 2.45) is 0 Å². The SMILES string of the molecule is COc1ccc(NC(=O)COC(=O)Cc2csc(-c3ccc(OC)c(OC)c3)n2)c(OC)c1. The Morgan fingerprint density at radius 1 is 0.909 bits per heavy atom. The van der Waals surface area contributed by atoms with Crippen LogP contribution in [0, 0.1) is 0 Å². The first-order chi connectivity index (χ1) is 16.0. The molecule has 2 aromatic carbocycles. The minimum Gasteiger partial charge on any atom is -0.497 e. The van der Waals surface area contributed by atoms with Crippen LogP contribution in [0.3, 0.4) is 0 Å². The second-order valence-corrected chi connectivity index (χ2v) is 7.52. The molecule has 33 heavy (non-hydrogen) atoms. The summed E-state index contributed by atoms with van der Waals surface area (Å²) in [5.41, 5.74) is 1.83. The highest BCUT2D eigenvalue weighted by molar-refractivity contribution is 7.13. The largest absolute Gasteiger partial charge is 0.497 e. The van der Waals surface area contributed by atoms with Crippen LogP contribution in [-0.2, 0) is 20.7 Å². The van der Waals surface area contributed by atoms with Crippen molar-refractivity contribution in [3.63, 3.8) is 0 Å². The molecule has 0 radical (unpaired) electrons. The van der Waals surface area contributed by atoms with E-state index < -0.39 is 18.5 Å². The van der Waals surface area contributed by atoms with Crippen molar-refractivity contribution in [1.29, 1.82) is 0 Å². The number of esters is 1. The van der Waals surface area contributed by atoms with Gasteiger partial charge in [-0.15, -0.1) is 11.3 Å². The summed E-state index contributed by atoms with van der Waals surface area (Å²) >= 11 is 1.39. The molecule has 0 fully saturated rings. The minimum absolute atomic E-state index is 0.0527. The molecular weight excluding hydrogens is 448 g/mol. The van der Waals surface area contributed by atoms with Gasteiger partial charge in [-0.05, 0) is 30.3 Å². The van der Waals surface area contributed by atoms with Gasteiger partial charge in [0.2, 0.25) is 0 Å². The third-order valence-corrected chi connectivity index (χ3v) is 5.49. The Bertz CT molecular complexity index is 1130. The first kappa shape index (κ1) is 23.9. The second-order valence-electron chi connectivity index (χ2n) is 6.67. The van der Waals surface area contributed by atoms with Crippen LogP contribution in [0.15, 0.2) is 41.8 Å². The minimum atomic E-state index is -0.559. The van der Waals surface area contributed by atoms with E-state index in [9.17, 15) is 9.59 Å². The van der Waals surface area contributed by atoms with E-state index in [0.29, 0.717) is 34.4 Å². The molecule has 9 nitrogen and oxygen atoms in total. The van der Waals surface area contributed by atoms with E-state index in [4.69, 9.17) is 23.7 Å². The first-order valence-electron chi connectivity index (χ1n) is 9.81. The maximum absolute atomic E-state index is 12.2. The molecule has 1 amide bonds. The molecule has 0 atom stereocenters. The number of aromatic nitrogens is 1. The van der Waals surface area contributed by atoms with Crippen molar-refractivity contribution in [2.75, 3.05) is 40.4 Å². The molecule has 174 valence electrons. The van der Waals surface area contributed by atoms with E-state index >= 15 is 0 Å². The number of anilines is 1. The third-order valence-electron chi connectivity index (χ3n) is 4.55. The summed E-state index contributed by atoms with van der Waals surface area (Å²) in [6.45, 7) is -0.430. The zero-order chi connectivity index (χ0) is 23.8. The van der Waals surface area contributed by atoms with Gasteiger partial charge in [0, 0.05) is 17.0 Å². The number of nitrogens with zero attached hydrogens (tertiary/aromatic N) is 1. The van der Waals surface area contributed by atoms with Gasteiger partial charge in [-0.25, -0.2) is 4.98 Å². The number of thiazole rings is 1. The van der Waals surface area contributed by atoms with Gasteiger partial charge in [0.25, 0.3) is 5.91 Å². The molecule has 0 aliphatic rings. The molecule has 0 saturated carbocycles. The number of benzene rings is 2. The Kier molecular flexibility index (Phi) is 8.09. The van der Waals surface area contributed by atoms with Crippen molar-refractivity contribution in [3.8, 4) is 33.6 Å². The predicted octanol–water partition coefficient (Wildman–Crippen LogP) is 3.57. The molecule has 10 heteroatoms. The lowest BCUT2D eigenvalue weighted by molar-refractivity contribution is -0.146. The van der Waals surface area contributed by atoms with E-state index in [1.165, 1.54) is 25.6 Å². The van der Waals surface area contributed by atoms with Crippen LogP contribution in [0.2, 0.25) is 0 Å². The van der Waals surface area contributed by atoms with Gasteiger partial charge in [0.1, 0.15) is 16.5 Å². The third kappa shape index (κ3) is 6.13. The molecule has 1 heterocycles. The lowest BCUT2D eigenvalue weighted by Gasteiger charge is -2.11. The number of ether oxygens (including phenoxy) is 5. The highest BCUT2D eigenvalue weighted by Gasteiger charge is 2.15. The molecule has 1 N–H and O–H groups in total. The van der Waals surface area contributed by atoms with Gasteiger partial charge in [-0.3, -0.25) is 9.59 Å². The number of rotatable bonds is 10. The highest BCUT2D eigenvalue weighted by Crippen LogP contribution is 2.33. The fourth-order valence-electron chi connectivity index (χ4n) is 2.92. The normalized spacial score (nSPS) is 10.3. The Morgan fingerprint density at radius 2 is 1.67 bits per heavy atom. The lowest BCUT2D eigenvalue weighted by atomic mass is 10.2. The topological polar surface area (TPSA) is 105 Å². The van der Waals surface area contributed by atoms with Gasteiger partial charge < -0.3 is 29.0 Å². The van der Waals surface area contributed by atoms with Crippen molar-refractivity contribution in [2.45, 2.75) is 6.42 Å². The van der Waals surface area contributed by atoms with Crippen molar-refractivity contribution in [1.82, 2.24) is 4.98 Å². The van der Waals surface area contributed by atoms with Crippen LogP contribution in [0.4, 0.5) is 5.69 Å². The molecule has 0 spiro atoms. The molecule has 3 aromatic rings. The summed E-state index contributed by atoms with van der Waals surface area (Å²) in [5, 5.41) is 5.14.